The van der Waals surface area contributed by atoms with Gasteiger partial charge in [-0.2, -0.15) is 0 Å². The summed E-state index contributed by atoms with van der Waals surface area (Å²) < 4.78 is 5.92. The van der Waals surface area contributed by atoms with Gasteiger partial charge in [-0.3, -0.25) is 0 Å². The minimum atomic E-state index is -0.958. The van der Waals surface area contributed by atoms with E-state index in [1.165, 1.54) is 0 Å². The predicted molar refractivity (Wildman–Crippen MR) is 69.5 cm³/mol. The van der Waals surface area contributed by atoms with Gasteiger partial charge in [-0.15, -0.1) is 0 Å². The van der Waals surface area contributed by atoms with Crippen molar-refractivity contribution in [2.45, 2.75) is 32.8 Å². The third-order valence-electron chi connectivity index (χ3n) is 3.70. The quantitative estimate of drug-likeness (QED) is 0.863. The van der Waals surface area contributed by atoms with Gasteiger partial charge in [-0.1, -0.05) is 13.8 Å². The molecule has 1 aromatic heterocycles. The number of fused-ring (bicyclic) bond motifs is 1. The molecule has 2 rings (SSSR count). The molecule has 2 N–H and O–H groups in total. The minimum absolute atomic E-state index is 0.123. The number of aromatic carboxylic acids is 1. The van der Waals surface area contributed by atoms with Gasteiger partial charge in [0, 0.05) is 7.05 Å². The Kier molecular flexibility index (Phi) is 3.50. The summed E-state index contributed by atoms with van der Waals surface area (Å²) in [6.45, 7) is 5.12. The Morgan fingerprint density at radius 2 is 2.28 bits per heavy atom. The van der Waals surface area contributed by atoms with Crippen LogP contribution in [0.3, 0.4) is 0 Å². The summed E-state index contributed by atoms with van der Waals surface area (Å²) in [6, 6.07) is 1.63. The molecule has 5 nitrogen and oxygen atoms in total. The maximum atomic E-state index is 10.9. The van der Waals surface area contributed by atoms with Gasteiger partial charge in [-0.05, 0) is 24.8 Å². The highest BCUT2D eigenvalue weighted by atomic mass is 16.5. The number of rotatable bonds is 4. The molecule has 5 heteroatoms. The molecular weight excluding hydrogens is 232 g/mol. The van der Waals surface area contributed by atoms with E-state index in [-0.39, 0.29) is 11.8 Å². The lowest BCUT2D eigenvalue weighted by molar-refractivity contribution is 0.0688. The van der Waals surface area contributed by atoms with Gasteiger partial charge in [0.2, 0.25) is 5.88 Å². The number of carboxylic acids is 1. The average Bonchev–Trinajstić information content (AvgIpc) is 2.75. The SMILES string of the molecule is CCC(CC)C1CN(C)c2cc(C(=O)O)[nH]c2O1. The van der Waals surface area contributed by atoms with E-state index in [9.17, 15) is 4.79 Å². The molecule has 0 radical (unpaired) electrons. The second kappa shape index (κ2) is 4.92. The fourth-order valence-electron chi connectivity index (χ4n) is 2.53. The average molecular weight is 252 g/mol. The van der Waals surface area contributed by atoms with Crippen molar-refractivity contribution in [2.24, 2.45) is 5.92 Å². The highest BCUT2D eigenvalue weighted by molar-refractivity contribution is 5.88. The topological polar surface area (TPSA) is 65.6 Å². The smallest absolute Gasteiger partial charge is 0.352 e. The van der Waals surface area contributed by atoms with Crippen LogP contribution in [0, 0.1) is 5.92 Å². The Hall–Kier alpha value is -1.65. The van der Waals surface area contributed by atoms with Crippen LogP contribution in [0.5, 0.6) is 5.88 Å². The van der Waals surface area contributed by atoms with Crippen molar-refractivity contribution in [3.8, 4) is 5.88 Å². The molecule has 1 aliphatic rings. The van der Waals surface area contributed by atoms with Gasteiger partial charge in [0.15, 0.2) is 0 Å². The first-order valence-corrected chi connectivity index (χ1v) is 6.40. The minimum Gasteiger partial charge on any atom is -0.477 e. The highest BCUT2D eigenvalue weighted by Crippen LogP contribution is 2.35. The number of nitrogens with zero attached hydrogens (tertiary/aromatic N) is 1. The fraction of sp³-hybridized carbons (Fsp3) is 0.615. The van der Waals surface area contributed by atoms with Crippen LogP contribution < -0.4 is 9.64 Å². The molecule has 0 aromatic carbocycles. The number of carbonyl (C=O) groups is 1. The predicted octanol–water partition coefficient (Wildman–Crippen LogP) is 2.35. The molecular formula is C13H20N2O3. The van der Waals surface area contributed by atoms with Gasteiger partial charge in [0.1, 0.15) is 17.5 Å². The van der Waals surface area contributed by atoms with Crippen molar-refractivity contribution in [1.82, 2.24) is 4.98 Å². The number of likely N-dealkylation sites (N-methyl/N-ethyl adjacent to an activating group) is 1. The van der Waals surface area contributed by atoms with Crippen LogP contribution >= 0.6 is 0 Å². The molecule has 100 valence electrons. The normalized spacial score (nSPS) is 18.7. The number of hydrogen-bond acceptors (Lipinski definition) is 3. The van der Waals surface area contributed by atoms with Crippen molar-refractivity contribution in [1.29, 1.82) is 0 Å². The van der Waals surface area contributed by atoms with Gasteiger partial charge >= 0.3 is 5.97 Å². The monoisotopic (exact) mass is 252 g/mol. The summed E-state index contributed by atoms with van der Waals surface area (Å²) in [5, 5.41) is 8.98. The first kappa shape index (κ1) is 12.8. The summed E-state index contributed by atoms with van der Waals surface area (Å²) in [5.74, 6) is 0.121. The Labute approximate surface area is 107 Å². The summed E-state index contributed by atoms with van der Waals surface area (Å²) in [4.78, 5) is 15.8. The number of nitrogens with one attached hydrogen (secondary N) is 1. The maximum absolute atomic E-state index is 10.9. The molecule has 1 aromatic rings. The Morgan fingerprint density at radius 1 is 1.61 bits per heavy atom. The third-order valence-corrected chi connectivity index (χ3v) is 3.70. The van der Waals surface area contributed by atoms with E-state index in [1.807, 2.05) is 7.05 Å². The molecule has 1 atom stereocenters. The van der Waals surface area contributed by atoms with E-state index in [1.54, 1.807) is 6.07 Å². The number of hydrogen-bond donors (Lipinski definition) is 2. The molecule has 0 saturated heterocycles. The second-order valence-corrected chi connectivity index (χ2v) is 4.82. The van der Waals surface area contributed by atoms with Crippen molar-refractivity contribution in [3.05, 3.63) is 11.8 Å². The lowest BCUT2D eigenvalue weighted by atomic mass is 9.95. The highest BCUT2D eigenvalue weighted by Gasteiger charge is 2.30. The number of aromatic nitrogens is 1. The molecule has 0 bridgehead atoms. The van der Waals surface area contributed by atoms with E-state index in [4.69, 9.17) is 9.84 Å². The van der Waals surface area contributed by atoms with Crippen molar-refractivity contribution in [3.63, 3.8) is 0 Å². The number of ether oxygens (including phenoxy) is 1. The van der Waals surface area contributed by atoms with Crippen LogP contribution in [0.25, 0.3) is 0 Å². The van der Waals surface area contributed by atoms with E-state index in [0.717, 1.165) is 25.1 Å². The third kappa shape index (κ3) is 2.17. The van der Waals surface area contributed by atoms with Crippen LogP contribution in [-0.2, 0) is 0 Å². The van der Waals surface area contributed by atoms with Crippen LogP contribution in [-0.4, -0.2) is 35.8 Å². The Bertz CT molecular complexity index is 437. The second-order valence-electron chi connectivity index (χ2n) is 4.82. The van der Waals surface area contributed by atoms with Crippen molar-refractivity contribution >= 4 is 11.7 Å². The molecule has 2 heterocycles. The summed E-state index contributed by atoms with van der Waals surface area (Å²) in [5.41, 5.74) is 1.01. The lowest BCUT2D eigenvalue weighted by Crippen LogP contribution is -2.41. The number of aromatic amines is 1. The fourth-order valence-corrected chi connectivity index (χ4v) is 2.53. The zero-order valence-corrected chi connectivity index (χ0v) is 11.1. The van der Waals surface area contributed by atoms with Gasteiger partial charge < -0.3 is 19.7 Å². The molecule has 0 saturated carbocycles. The number of H-pyrrole nitrogens is 1. The van der Waals surface area contributed by atoms with E-state index < -0.39 is 5.97 Å². The largest absolute Gasteiger partial charge is 0.477 e. The lowest BCUT2D eigenvalue weighted by Gasteiger charge is -2.35. The first-order chi connectivity index (χ1) is 8.56. The van der Waals surface area contributed by atoms with E-state index >= 15 is 0 Å². The van der Waals surface area contributed by atoms with Crippen molar-refractivity contribution < 1.29 is 14.6 Å². The molecule has 0 aliphatic carbocycles. The summed E-state index contributed by atoms with van der Waals surface area (Å²) in [6.07, 6.45) is 2.26. The molecule has 1 aliphatic heterocycles. The zero-order valence-electron chi connectivity index (χ0n) is 11.1. The maximum Gasteiger partial charge on any atom is 0.352 e. The number of carboxylic acid groups (broad SMARTS) is 1. The van der Waals surface area contributed by atoms with E-state index in [2.05, 4.69) is 23.7 Å². The summed E-state index contributed by atoms with van der Waals surface area (Å²) >= 11 is 0. The number of anilines is 1. The van der Waals surface area contributed by atoms with Crippen LogP contribution in [0.2, 0.25) is 0 Å². The molecule has 1 unspecified atom stereocenters. The Balaban J connectivity index is 2.25. The van der Waals surface area contributed by atoms with Crippen LogP contribution in [0.15, 0.2) is 6.07 Å². The van der Waals surface area contributed by atoms with Gasteiger partial charge in [0.05, 0.1) is 6.54 Å². The summed E-state index contributed by atoms with van der Waals surface area (Å²) in [7, 11) is 1.97. The molecule has 0 amide bonds. The van der Waals surface area contributed by atoms with Crippen LogP contribution in [0.4, 0.5) is 5.69 Å². The molecule has 0 fully saturated rings. The first-order valence-electron chi connectivity index (χ1n) is 6.40. The van der Waals surface area contributed by atoms with Crippen molar-refractivity contribution in [2.75, 3.05) is 18.5 Å². The van der Waals surface area contributed by atoms with Gasteiger partial charge in [0.25, 0.3) is 0 Å². The molecule has 0 spiro atoms. The zero-order chi connectivity index (χ0) is 13.3. The van der Waals surface area contributed by atoms with Crippen LogP contribution in [0.1, 0.15) is 37.2 Å². The van der Waals surface area contributed by atoms with Gasteiger partial charge in [-0.25, -0.2) is 4.79 Å². The van der Waals surface area contributed by atoms with E-state index in [0.29, 0.717) is 11.8 Å². The molecule has 18 heavy (non-hydrogen) atoms. The Morgan fingerprint density at radius 3 is 2.83 bits per heavy atom. The standard InChI is InChI=1S/C13H20N2O3/c1-4-8(5-2)11-7-15(3)10-6-9(13(16)17)14-12(10)18-11/h6,8,11,14H,4-5,7H2,1-3H3,(H,16,17).